The van der Waals surface area contributed by atoms with E-state index < -0.39 is 0 Å². The SMILES string of the molecule is Fc1ccc(CCN(CCn2ccnc2)Cc2cccnc2)cc1. The number of pyridine rings is 1. The molecule has 4 nitrogen and oxygen atoms in total. The van der Waals surface area contributed by atoms with Crippen molar-refractivity contribution in [2.75, 3.05) is 13.1 Å². The molecule has 124 valence electrons. The topological polar surface area (TPSA) is 34.0 Å². The number of benzene rings is 1. The van der Waals surface area contributed by atoms with Crippen LogP contribution in [0.4, 0.5) is 4.39 Å². The van der Waals surface area contributed by atoms with Crippen molar-refractivity contribution >= 4 is 0 Å². The molecule has 0 radical (unpaired) electrons. The van der Waals surface area contributed by atoms with Gasteiger partial charge in [0.25, 0.3) is 0 Å². The van der Waals surface area contributed by atoms with E-state index in [1.807, 2.05) is 36.9 Å². The quantitative estimate of drug-likeness (QED) is 0.638. The van der Waals surface area contributed by atoms with E-state index in [0.717, 1.165) is 38.2 Å². The summed E-state index contributed by atoms with van der Waals surface area (Å²) in [6.45, 7) is 3.58. The number of rotatable bonds is 8. The molecule has 0 saturated carbocycles. The summed E-state index contributed by atoms with van der Waals surface area (Å²) in [6.07, 6.45) is 10.2. The summed E-state index contributed by atoms with van der Waals surface area (Å²) in [4.78, 5) is 10.7. The lowest BCUT2D eigenvalue weighted by Crippen LogP contribution is -2.29. The summed E-state index contributed by atoms with van der Waals surface area (Å²) < 4.78 is 15.1. The molecule has 0 fully saturated rings. The molecule has 24 heavy (non-hydrogen) atoms. The van der Waals surface area contributed by atoms with Crippen LogP contribution in [0.3, 0.4) is 0 Å². The molecule has 3 rings (SSSR count). The van der Waals surface area contributed by atoms with E-state index in [2.05, 4.69) is 25.5 Å². The normalized spacial score (nSPS) is 11.1. The Balaban J connectivity index is 1.60. The van der Waals surface area contributed by atoms with Crippen molar-refractivity contribution in [3.63, 3.8) is 0 Å². The van der Waals surface area contributed by atoms with Crippen LogP contribution in [0, 0.1) is 5.82 Å². The minimum absolute atomic E-state index is 0.189. The highest BCUT2D eigenvalue weighted by Gasteiger charge is 2.07. The molecule has 0 unspecified atom stereocenters. The number of imidazole rings is 1. The lowest BCUT2D eigenvalue weighted by atomic mass is 10.1. The second-order valence-electron chi connectivity index (χ2n) is 5.81. The van der Waals surface area contributed by atoms with Crippen molar-refractivity contribution in [1.82, 2.24) is 19.4 Å². The summed E-state index contributed by atoms with van der Waals surface area (Å²) in [5.41, 5.74) is 2.34. The molecule has 1 aromatic carbocycles. The lowest BCUT2D eigenvalue weighted by molar-refractivity contribution is 0.257. The molecule has 5 heteroatoms. The Kier molecular flexibility index (Phi) is 5.69. The zero-order valence-electron chi connectivity index (χ0n) is 13.6. The van der Waals surface area contributed by atoms with Gasteiger partial charge in [-0.15, -0.1) is 0 Å². The fourth-order valence-electron chi connectivity index (χ4n) is 2.63. The van der Waals surface area contributed by atoms with E-state index in [1.165, 1.54) is 17.7 Å². The zero-order chi connectivity index (χ0) is 16.6. The first-order valence-corrected chi connectivity index (χ1v) is 8.11. The van der Waals surface area contributed by atoms with Gasteiger partial charge >= 0.3 is 0 Å². The summed E-state index contributed by atoms with van der Waals surface area (Å²) >= 11 is 0. The smallest absolute Gasteiger partial charge is 0.123 e. The van der Waals surface area contributed by atoms with Crippen molar-refractivity contribution < 1.29 is 4.39 Å². The third-order valence-corrected chi connectivity index (χ3v) is 3.99. The molecular weight excluding hydrogens is 303 g/mol. The predicted octanol–water partition coefficient (Wildman–Crippen LogP) is 3.16. The summed E-state index contributed by atoms with van der Waals surface area (Å²) in [7, 11) is 0. The molecule has 0 saturated heterocycles. The minimum Gasteiger partial charge on any atom is -0.336 e. The van der Waals surface area contributed by atoms with E-state index in [-0.39, 0.29) is 5.82 Å². The molecule has 2 heterocycles. The fourth-order valence-corrected chi connectivity index (χ4v) is 2.63. The summed E-state index contributed by atoms with van der Waals surface area (Å²) in [5, 5.41) is 0. The second-order valence-corrected chi connectivity index (χ2v) is 5.81. The molecule has 0 aliphatic heterocycles. The van der Waals surface area contributed by atoms with Gasteiger partial charge in [0.05, 0.1) is 6.33 Å². The molecule has 2 aromatic heterocycles. The van der Waals surface area contributed by atoms with Gasteiger partial charge < -0.3 is 4.57 Å². The molecule has 0 aliphatic carbocycles. The van der Waals surface area contributed by atoms with Crippen LogP contribution in [0.1, 0.15) is 11.1 Å². The first-order chi connectivity index (χ1) is 11.8. The molecule has 0 N–H and O–H groups in total. The Morgan fingerprint density at radius 2 is 1.83 bits per heavy atom. The van der Waals surface area contributed by atoms with E-state index in [4.69, 9.17) is 0 Å². The first-order valence-electron chi connectivity index (χ1n) is 8.11. The van der Waals surface area contributed by atoms with E-state index in [0.29, 0.717) is 0 Å². The number of halogens is 1. The average Bonchev–Trinajstić information content (AvgIpc) is 3.13. The minimum atomic E-state index is -0.189. The third-order valence-electron chi connectivity index (χ3n) is 3.99. The van der Waals surface area contributed by atoms with E-state index in [9.17, 15) is 4.39 Å². The zero-order valence-corrected chi connectivity index (χ0v) is 13.6. The summed E-state index contributed by atoms with van der Waals surface area (Å²) in [5.74, 6) is -0.189. The van der Waals surface area contributed by atoms with Crippen molar-refractivity contribution in [2.45, 2.75) is 19.5 Å². The van der Waals surface area contributed by atoms with Crippen molar-refractivity contribution in [2.24, 2.45) is 0 Å². The van der Waals surface area contributed by atoms with Crippen LogP contribution < -0.4 is 0 Å². The average molecular weight is 324 g/mol. The van der Waals surface area contributed by atoms with Gasteiger partial charge in [0.15, 0.2) is 0 Å². The molecule has 0 bridgehead atoms. The predicted molar refractivity (Wildman–Crippen MR) is 91.8 cm³/mol. The number of hydrogen-bond donors (Lipinski definition) is 0. The van der Waals surface area contributed by atoms with E-state index in [1.54, 1.807) is 12.4 Å². The van der Waals surface area contributed by atoms with Crippen LogP contribution in [0.25, 0.3) is 0 Å². The largest absolute Gasteiger partial charge is 0.336 e. The maximum atomic E-state index is 13.0. The Hall–Kier alpha value is -2.53. The highest BCUT2D eigenvalue weighted by atomic mass is 19.1. The van der Waals surface area contributed by atoms with Crippen molar-refractivity contribution in [1.29, 1.82) is 0 Å². The van der Waals surface area contributed by atoms with Crippen LogP contribution in [-0.2, 0) is 19.5 Å². The number of aromatic nitrogens is 3. The molecule has 0 aliphatic rings. The van der Waals surface area contributed by atoms with Crippen LogP contribution in [0.15, 0.2) is 67.5 Å². The molecule has 0 amide bonds. The summed E-state index contributed by atoms with van der Waals surface area (Å²) in [6, 6.07) is 10.8. The molecule has 0 spiro atoms. The Morgan fingerprint density at radius 1 is 0.958 bits per heavy atom. The Morgan fingerprint density at radius 3 is 2.54 bits per heavy atom. The highest BCUT2D eigenvalue weighted by Crippen LogP contribution is 2.08. The molecule has 3 aromatic rings. The van der Waals surface area contributed by atoms with Gasteiger partial charge in [0, 0.05) is 51.0 Å². The number of nitrogens with zero attached hydrogens (tertiary/aromatic N) is 4. The van der Waals surface area contributed by atoms with Gasteiger partial charge in [-0.2, -0.15) is 0 Å². The number of hydrogen-bond acceptors (Lipinski definition) is 3. The van der Waals surface area contributed by atoms with Gasteiger partial charge in [-0.3, -0.25) is 9.88 Å². The monoisotopic (exact) mass is 324 g/mol. The molecule has 0 atom stereocenters. The van der Waals surface area contributed by atoms with Crippen LogP contribution in [0.5, 0.6) is 0 Å². The van der Waals surface area contributed by atoms with Gasteiger partial charge in [-0.05, 0) is 35.7 Å². The van der Waals surface area contributed by atoms with Gasteiger partial charge in [0.2, 0.25) is 0 Å². The maximum Gasteiger partial charge on any atom is 0.123 e. The van der Waals surface area contributed by atoms with Gasteiger partial charge in [-0.1, -0.05) is 18.2 Å². The van der Waals surface area contributed by atoms with Crippen LogP contribution >= 0.6 is 0 Å². The third kappa shape index (κ3) is 4.99. The van der Waals surface area contributed by atoms with E-state index >= 15 is 0 Å². The van der Waals surface area contributed by atoms with Gasteiger partial charge in [-0.25, -0.2) is 9.37 Å². The van der Waals surface area contributed by atoms with Crippen LogP contribution in [-0.4, -0.2) is 32.5 Å². The maximum absolute atomic E-state index is 13.0. The lowest BCUT2D eigenvalue weighted by Gasteiger charge is -2.22. The van der Waals surface area contributed by atoms with Gasteiger partial charge in [0.1, 0.15) is 5.82 Å². The highest BCUT2D eigenvalue weighted by molar-refractivity contribution is 5.16. The van der Waals surface area contributed by atoms with Crippen molar-refractivity contribution in [3.05, 3.63) is 84.5 Å². The standard InChI is InChI=1S/C19H21FN4/c20-19-5-3-17(4-6-19)7-10-23(12-13-24-11-9-22-16-24)15-18-2-1-8-21-14-18/h1-6,8-9,11,14,16H,7,10,12-13,15H2. The second kappa shape index (κ2) is 8.36. The first kappa shape index (κ1) is 16.3. The van der Waals surface area contributed by atoms with Crippen molar-refractivity contribution in [3.8, 4) is 0 Å². The molecular formula is C19H21FN4. The Bertz CT molecular complexity index is 711. The Labute approximate surface area is 141 Å². The fraction of sp³-hybridized carbons (Fsp3) is 0.263. The van der Waals surface area contributed by atoms with Crippen LogP contribution in [0.2, 0.25) is 0 Å².